The Morgan fingerprint density at radius 3 is 2.67 bits per heavy atom. The number of halogens is 1. The number of benzene rings is 1. The van der Waals surface area contributed by atoms with E-state index in [1.54, 1.807) is 0 Å². The first kappa shape index (κ1) is 14.8. The van der Waals surface area contributed by atoms with Crippen molar-refractivity contribution in [3.8, 4) is 0 Å². The molecule has 4 heteroatoms. The molecule has 0 aromatic heterocycles. The highest BCUT2D eigenvalue weighted by molar-refractivity contribution is 6.30. The highest BCUT2D eigenvalue weighted by Gasteiger charge is 2.11. The van der Waals surface area contributed by atoms with Crippen LogP contribution in [0.3, 0.4) is 0 Å². The highest BCUT2D eigenvalue weighted by atomic mass is 35.5. The van der Waals surface area contributed by atoms with E-state index in [9.17, 15) is 4.79 Å². The van der Waals surface area contributed by atoms with E-state index < -0.39 is 0 Å². The van der Waals surface area contributed by atoms with Crippen molar-refractivity contribution in [3.05, 3.63) is 34.9 Å². The fourth-order valence-corrected chi connectivity index (χ4v) is 2.03. The molecule has 2 amide bonds. The molecule has 0 bridgehead atoms. The number of nitrogens with one attached hydrogen (secondary N) is 2. The van der Waals surface area contributed by atoms with Gasteiger partial charge >= 0.3 is 6.03 Å². The molecule has 2 unspecified atom stereocenters. The Labute approximate surface area is 114 Å². The van der Waals surface area contributed by atoms with E-state index in [0.29, 0.717) is 5.02 Å². The Bertz CT molecular complexity index is 395. The van der Waals surface area contributed by atoms with Gasteiger partial charge in [-0.15, -0.1) is 0 Å². The topological polar surface area (TPSA) is 41.1 Å². The van der Waals surface area contributed by atoms with E-state index in [1.807, 2.05) is 38.1 Å². The van der Waals surface area contributed by atoms with Gasteiger partial charge in [-0.1, -0.05) is 37.1 Å². The Kier molecular flexibility index (Phi) is 5.99. The van der Waals surface area contributed by atoms with E-state index >= 15 is 0 Å². The number of hydrogen-bond acceptors (Lipinski definition) is 1. The average molecular weight is 269 g/mol. The maximum absolute atomic E-state index is 11.7. The van der Waals surface area contributed by atoms with Crippen molar-refractivity contribution < 1.29 is 4.79 Å². The third kappa shape index (κ3) is 4.96. The molecular formula is C14H21ClN2O. The molecule has 18 heavy (non-hydrogen) atoms. The fraction of sp³-hybridized carbons (Fsp3) is 0.500. The van der Waals surface area contributed by atoms with Crippen molar-refractivity contribution in [1.29, 1.82) is 0 Å². The molecule has 2 atom stereocenters. The predicted octanol–water partition coefficient (Wildman–Crippen LogP) is 3.89. The Morgan fingerprint density at radius 2 is 2.06 bits per heavy atom. The summed E-state index contributed by atoms with van der Waals surface area (Å²) >= 11 is 5.92. The van der Waals surface area contributed by atoms with Crippen LogP contribution in [-0.2, 0) is 0 Å². The Hall–Kier alpha value is -1.22. The zero-order valence-electron chi connectivity index (χ0n) is 11.2. The van der Waals surface area contributed by atoms with Crippen molar-refractivity contribution in [2.75, 3.05) is 0 Å². The van der Waals surface area contributed by atoms with Gasteiger partial charge < -0.3 is 10.6 Å². The van der Waals surface area contributed by atoms with Crippen molar-refractivity contribution >= 4 is 17.6 Å². The number of rotatable bonds is 5. The second-order valence-electron chi connectivity index (χ2n) is 4.58. The molecule has 0 saturated heterocycles. The smallest absolute Gasteiger partial charge is 0.315 e. The number of hydrogen-bond donors (Lipinski definition) is 2. The molecular weight excluding hydrogens is 248 g/mol. The summed E-state index contributed by atoms with van der Waals surface area (Å²) in [5.74, 6) is 0. The van der Waals surface area contributed by atoms with Gasteiger partial charge in [0.2, 0.25) is 0 Å². The third-order valence-electron chi connectivity index (χ3n) is 2.80. The van der Waals surface area contributed by atoms with Crippen molar-refractivity contribution in [2.24, 2.45) is 0 Å². The number of amides is 2. The van der Waals surface area contributed by atoms with Gasteiger partial charge in [0.05, 0.1) is 6.04 Å². The van der Waals surface area contributed by atoms with Gasteiger partial charge in [0.25, 0.3) is 0 Å². The predicted molar refractivity (Wildman–Crippen MR) is 75.9 cm³/mol. The lowest BCUT2D eigenvalue weighted by Crippen LogP contribution is -2.41. The molecule has 1 aromatic rings. The zero-order valence-corrected chi connectivity index (χ0v) is 11.9. The van der Waals surface area contributed by atoms with Crippen molar-refractivity contribution in [2.45, 2.75) is 45.7 Å². The van der Waals surface area contributed by atoms with Crippen molar-refractivity contribution in [1.82, 2.24) is 10.6 Å². The molecule has 0 heterocycles. The summed E-state index contributed by atoms with van der Waals surface area (Å²) in [6.45, 7) is 6.05. The molecule has 100 valence electrons. The minimum atomic E-state index is -0.136. The van der Waals surface area contributed by atoms with Crippen LogP contribution >= 0.6 is 11.6 Å². The summed E-state index contributed by atoms with van der Waals surface area (Å²) in [7, 11) is 0. The summed E-state index contributed by atoms with van der Waals surface area (Å²) in [5, 5.41) is 6.50. The van der Waals surface area contributed by atoms with Gasteiger partial charge in [-0.2, -0.15) is 0 Å². The fourth-order valence-electron chi connectivity index (χ4n) is 1.83. The van der Waals surface area contributed by atoms with E-state index in [0.717, 1.165) is 18.4 Å². The molecule has 2 N–H and O–H groups in total. The number of carbonyl (C=O) groups is 1. The normalized spacial score (nSPS) is 13.8. The van der Waals surface area contributed by atoms with Crippen LogP contribution in [0.15, 0.2) is 24.3 Å². The first-order valence-electron chi connectivity index (χ1n) is 6.35. The van der Waals surface area contributed by atoms with Crippen LogP contribution in [0.5, 0.6) is 0 Å². The van der Waals surface area contributed by atoms with Crippen LogP contribution in [0.25, 0.3) is 0 Å². The molecule has 0 spiro atoms. The second-order valence-corrected chi connectivity index (χ2v) is 5.02. The van der Waals surface area contributed by atoms with Gasteiger partial charge in [-0.3, -0.25) is 0 Å². The van der Waals surface area contributed by atoms with E-state index in [2.05, 4.69) is 17.6 Å². The van der Waals surface area contributed by atoms with Crippen LogP contribution in [0.2, 0.25) is 5.02 Å². The zero-order chi connectivity index (χ0) is 13.5. The number of carbonyl (C=O) groups excluding carboxylic acids is 1. The summed E-state index contributed by atoms with van der Waals surface area (Å²) in [6.07, 6.45) is 2.05. The van der Waals surface area contributed by atoms with E-state index in [4.69, 9.17) is 11.6 Å². The summed E-state index contributed by atoms with van der Waals surface area (Å²) < 4.78 is 0. The van der Waals surface area contributed by atoms with Crippen LogP contribution in [0.1, 0.15) is 45.2 Å². The van der Waals surface area contributed by atoms with Gasteiger partial charge in [-0.25, -0.2) is 4.79 Å². The molecule has 3 nitrogen and oxygen atoms in total. The lowest BCUT2D eigenvalue weighted by atomic mass is 10.1. The lowest BCUT2D eigenvalue weighted by molar-refractivity contribution is 0.234. The SMILES string of the molecule is CCCC(C)NC(=O)NC(C)c1cccc(Cl)c1. The third-order valence-corrected chi connectivity index (χ3v) is 3.03. The van der Waals surface area contributed by atoms with E-state index in [1.165, 1.54) is 0 Å². The first-order valence-corrected chi connectivity index (χ1v) is 6.73. The van der Waals surface area contributed by atoms with E-state index in [-0.39, 0.29) is 18.1 Å². The van der Waals surface area contributed by atoms with Crippen LogP contribution in [0, 0.1) is 0 Å². The number of urea groups is 1. The molecule has 0 aliphatic heterocycles. The summed E-state index contributed by atoms with van der Waals surface area (Å²) in [4.78, 5) is 11.7. The van der Waals surface area contributed by atoms with Crippen LogP contribution in [0.4, 0.5) is 4.79 Å². The first-order chi connectivity index (χ1) is 8.52. The molecule has 0 fully saturated rings. The largest absolute Gasteiger partial charge is 0.336 e. The maximum atomic E-state index is 11.7. The van der Waals surface area contributed by atoms with Gasteiger partial charge in [0.1, 0.15) is 0 Å². The van der Waals surface area contributed by atoms with Gasteiger partial charge in [-0.05, 0) is 38.0 Å². The Morgan fingerprint density at radius 1 is 1.33 bits per heavy atom. The van der Waals surface area contributed by atoms with Gasteiger partial charge in [0, 0.05) is 11.1 Å². The van der Waals surface area contributed by atoms with Crippen LogP contribution < -0.4 is 10.6 Å². The molecule has 0 saturated carbocycles. The van der Waals surface area contributed by atoms with Gasteiger partial charge in [0.15, 0.2) is 0 Å². The molecule has 0 aliphatic rings. The monoisotopic (exact) mass is 268 g/mol. The highest BCUT2D eigenvalue weighted by Crippen LogP contribution is 2.17. The minimum absolute atomic E-state index is 0.0578. The van der Waals surface area contributed by atoms with Crippen molar-refractivity contribution in [3.63, 3.8) is 0 Å². The van der Waals surface area contributed by atoms with Crippen LogP contribution in [-0.4, -0.2) is 12.1 Å². The molecule has 0 radical (unpaired) electrons. The second kappa shape index (κ2) is 7.27. The quantitative estimate of drug-likeness (QED) is 0.836. The average Bonchev–Trinajstić information content (AvgIpc) is 2.28. The minimum Gasteiger partial charge on any atom is -0.336 e. The molecule has 0 aliphatic carbocycles. The molecule has 1 rings (SSSR count). The summed E-state index contributed by atoms with van der Waals surface area (Å²) in [5.41, 5.74) is 1.00. The standard InChI is InChI=1S/C14H21ClN2O/c1-4-6-10(2)16-14(18)17-11(3)12-7-5-8-13(15)9-12/h5,7-11H,4,6H2,1-3H3,(H2,16,17,18). The maximum Gasteiger partial charge on any atom is 0.315 e. The Balaban J connectivity index is 2.49. The molecule has 1 aromatic carbocycles. The summed E-state index contributed by atoms with van der Waals surface area (Å²) in [6, 6.07) is 7.52. The lowest BCUT2D eigenvalue weighted by Gasteiger charge is -2.18.